The molecule has 5 heteroatoms. The Morgan fingerprint density at radius 2 is 2.19 bits per heavy atom. The SMILES string of the molecule is CCNC1CCCc2sc(N3CCCC3CN(C)C)nc21. The Morgan fingerprint density at radius 1 is 1.33 bits per heavy atom. The summed E-state index contributed by atoms with van der Waals surface area (Å²) in [6.07, 6.45) is 6.37. The molecular weight excluding hydrogens is 280 g/mol. The first-order valence-corrected chi connectivity index (χ1v) is 9.15. The molecule has 0 radical (unpaired) electrons. The number of aryl methyl sites for hydroxylation is 1. The van der Waals surface area contributed by atoms with Gasteiger partial charge >= 0.3 is 0 Å². The van der Waals surface area contributed by atoms with Crippen LogP contribution in [0.1, 0.15) is 49.2 Å². The largest absolute Gasteiger partial charge is 0.344 e. The number of likely N-dealkylation sites (N-methyl/N-ethyl adjacent to an activating group) is 1. The second kappa shape index (κ2) is 6.63. The highest BCUT2D eigenvalue weighted by molar-refractivity contribution is 7.15. The molecule has 21 heavy (non-hydrogen) atoms. The summed E-state index contributed by atoms with van der Waals surface area (Å²) in [5.74, 6) is 0. The van der Waals surface area contributed by atoms with Gasteiger partial charge < -0.3 is 15.1 Å². The molecule has 118 valence electrons. The van der Waals surface area contributed by atoms with E-state index in [-0.39, 0.29) is 0 Å². The monoisotopic (exact) mass is 308 g/mol. The number of nitrogens with one attached hydrogen (secondary N) is 1. The first-order chi connectivity index (χ1) is 10.2. The number of anilines is 1. The van der Waals surface area contributed by atoms with Crippen LogP contribution in [0.25, 0.3) is 0 Å². The van der Waals surface area contributed by atoms with Crippen molar-refractivity contribution in [3.63, 3.8) is 0 Å². The molecule has 1 aliphatic heterocycles. The quantitative estimate of drug-likeness (QED) is 0.906. The Labute approximate surface area is 132 Å². The van der Waals surface area contributed by atoms with E-state index < -0.39 is 0 Å². The number of hydrogen-bond donors (Lipinski definition) is 1. The highest BCUT2D eigenvalue weighted by Crippen LogP contribution is 2.38. The topological polar surface area (TPSA) is 31.4 Å². The lowest BCUT2D eigenvalue weighted by atomic mass is 9.98. The maximum atomic E-state index is 5.05. The van der Waals surface area contributed by atoms with Crippen molar-refractivity contribution in [2.45, 2.75) is 51.1 Å². The van der Waals surface area contributed by atoms with Crippen LogP contribution in [0.2, 0.25) is 0 Å². The zero-order chi connectivity index (χ0) is 14.8. The first-order valence-electron chi connectivity index (χ1n) is 8.33. The molecule has 1 N–H and O–H groups in total. The summed E-state index contributed by atoms with van der Waals surface area (Å²) in [4.78, 5) is 11.4. The summed E-state index contributed by atoms with van der Waals surface area (Å²) >= 11 is 1.95. The third-order valence-electron chi connectivity index (χ3n) is 4.59. The molecule has 1 saturated heterocycles. The summed E-state index contributed by atoms with van der Waals surface area (Å²) in [5, 5.41) is 4.88. The van der Waals surface area contributed by atoms with E-state index in [0.717, 1.165) is 13.1 Å². The first kappa shape index (κ1) is 15.3. The number of aromatic nitrogens is 1. The third-order valence-corrected chi connectivity index (χ3v) is 5.76. The maximum absolute atomic E-state index is 5.05. The van der Waals surface area contributed by atoms with E-state index in [1.165, 1.54) is 54.4 Å². The van der Waals surface area contributed by atoms with Crippen molar-refractivity contribution in [1.82, 2.24) is 15.2 Å². The Kier molecular flexibility index (Phi) is 4.82. The van der Waals surface area contributed by atoms with Crippen LogP contribution in [-0.2, 0) is 6.42 Å². The summed E-state index contributed by atoms with van der Waals surface area (Å²) in [6.45, 7) is 5.54. The molecule has 0 saturated carbocycles. The van der Waals surface area contributed by atoms with Crippen LogP contribution in [-0.4, -0.2) is 49.7 Å². The summed E-state index contributed by atoms with van der Waals surface area (Å²) in [6, 6.07) is 1.13. The lowest BCUT2D eigenvalue weighted by molar-refractivity contribution is 0.372. The number of rotatable bonds is 5. The van der Waals surface area contributed by atoms with Crippen LogP contribution in [0.15, 0.2) is 0 Å². The predicted molar refractivity (Wildman–Crippen MR) is 90.4 cm³/mol. The molecule has 2 atom stereocenters. The van der Waals surface area contributed by atoms with Crippen molar-refractivity contribution >= 4 is 16.5 Å². The normalized spacial score (nSPS) is 25.6. The van der Waals surface area contributed by atoms with Gasteiger partial charge in [0.1, 0.15) is 0 Å². The third kappa shape index (κ3) is 3.25. The van der Waals surface area contributed by atoms with Gasteiger partial charge in [-0.25, -0.2) is 4.98 Å². The van der Waals surface area contributed by atoms with Crippen molar-refractivity contribution in [2.75, 3.05) is 38.6 Å². The summed E-state index contributed by atoms with van der Waals surface area (Å²) in [7, 11) is 4.34. The molecule has 0 spiro atoms. The van der Waals surface area contributed by atoms with E-state index in [1.54, 1.807) is 0 Å². The zero-order valence-corrected chi connectivity index (χ0v) is 14.4. The Bertz CT molecular complexity index is 471. The second-order valence-corrected chi connectivity index (χ2v) is 7.62. The molecule has 2 unspecified atom stereocenters. The van der Waals surface area contributed by atoms with E-state index in [9.17, 15) is 0 Å². The second-order valence-electron chi connectivity index (χ2n) is 6.56. The van der Waals surface area contributed by atoms with Crippen molar-refractivity contribution < 1.29 is 0 Å². The molecule has 0 aromatic carbocycles. The minimum atomic E-state index is 0.485. The molecule has 3 rings (SSSR count). The van der Waals surface area contributed by atoms with Gasteiger partial charge in [0, 0.05) is 24.0 Å². The van der Waals surface area contributed by atoms with E-state index in [0.29, 0.717) is 12.1 Å². The molecule has 0 bridgehead atoms. The summed E-state index contributed by atoms with van der Waals surface area (Å²) < 4.78 is 0. The molecule has 0 amide bonds. The van der Waals surface area contributed by atoms with Crippen LogP contribution >= 0.6 is 11.3 Å². The minimum Gasteiger partial charge on any atom is -0.344 e. The van der Waals surface area contributed by atoms with Crippen LogP contribution < -0.4 is 10.2 Å². The average molecular weight is 308 g/mol. The lowest BCUT2D eigenvalue weighted by Crippen LogP contribution is -2.37. The smallest absolute Gasteiger partial charge is 0.186 e. The standard InChI is InChI=1S/C16H28N4S/c1-4-17-13-8-5-9-14-15(13)18-16(21-14)20-10-6-7-12(20)11-19(2)3/h12-13,17H,4-11H2,1-3H3. The number of fused-ring (bicyclic) bond motifs is 1. The van der Waals surface area contributed by atoms with E-state index >= 15 is 0 Å². The van der Waals surface area contributed by atoms with Gasteiger partial charge in [-0.2, -0.15) is 0 Å². The molecule has 4 nitrogen and oxygen atoms in total. The summed E-state index contributed by atoms with van der Waals surface area (Å²) in [5.41, 5.74) is 1.35. The molecule has 1 aliphatic carbocycles. The van der Waals surface area contributed by atoms with Crippen molar-refractivity contribution in [2.24, 2.45) is 0 Å². The van der Waals surface area contributed by atoms with Crippen LogP contribution in [0, 0.1) is 0 Å². The van der Waals surface area contributed by atoms with Crippen LogP contribution in [0.5, 0.6) is 0 Å². The van der Waals surface area contributed by atoms with Gasteiger partial charge in [-0.05, 0) is 52.7 Å². The molecular formula is C16H28N4S. The Morgan fingerprint density at radius 3 is 2.95 bits per heavy atom. The van der Waals surface area contributed by atoms with Gasteiger partial charge in [0.15, 0.2) is 5.13 Å². The molecule has 1 aromatic heterocycles. The highest BCUT2D eigenvalue weighted by Gasteiger charge is 2.30. The minimum absolute atomic E-state index is 0.485. The van der Waals surface area contributed by atoms with Gasteiger partial charge in [0.2, 0.25) is 0 Å². The van der Waals surface area contributed by atoms with Gasteiger partial charge in [-0.15, -0.1) is 11.3 Å². The number of thiazole rings is 1. The Hall–Kier alpha value is -0.650. The fraction of sp³-hybridized carbons (Fsp3) is 0.812. The lowest BCUT2D eigenvalue weighted by Gasteiger charge is -2.26. The van der Waals surface area contributed by atoms with Crippen LogP contribution in [0.4, 0.5) is 5.13 Å². The molecule has 2 aliphatic rings. The fourth-order valence-corrected chi connectivity index (χ4v) is 4.93. The van der Waals surface area contributed by atoms with Crippen LogP contribution in [0.3, 0.4) is 0 Å². The van der Waals surface area contributed by atoms with Crippen molar-refractivity contribution in [1.29, 1.82) is 0 Å². The molecule has 1 fully saturated rings. The maximum Gasteiger partial charge on any atom is 0.186 e. The highest BCUT2D eigenvalue weighted by atomic mass is 32.1. The Balaban J connectivity index is 1.80. The molecule has 2 heterocycles. The van der Waals surface area contributed by atoms with Gasteiger partial charge in [-0.3, -0.25) is 0 Å². The average Bonchev–Trinajstić information content (AvgIpc) is 3.04. The fourth-order valence-electron chi connectivity index (χ4n) is 3.67. The van der Waals surface area contributed by atoms with Gasteiger partial charge in [-0.1, -0.05) is 6.92 Å². The van der Waals surface area contributed by atoms with Gasteiger partial charge in [0.25, 0.3) is 0 Å². The van der Waals surface area contributed by atoms with Crippen molar-refractivity contribution in [3.05, 3.63) is 10.6 Å². The molecule has 1 aromatic rings. The van der Waals surface area contributed by atoms with Crippen molar-refractivity contribution in [3.8, 4) is 0 Å². The van der Waals surface area contributed by atoms with Gasteiger partial charge in [0.05, 0.1) is 11.7 Å². The zero-order valence-electron chi connectivity index (χ0n) is 13.6. The van der Waals surface area contributed by atoms with E-state index in [1.807, 2.05) is 11.3 Å². The number of nitrogens with zero attached hydrogens (tertiary/aromatic N) is 3. The number of hydrogen-bond acceptors (Lipinski definition) is 5. The van der Waals surface area contributed by atoms with E-state index in [4.69, 9.17) is 4.98 Å². The van der Waals surface area contributed by atoms with E-state index in [2.05, 4.69) is 36.1 Å². The predicted octanol–water partition coefficient (Wildman–Crippen LogP) is 2.66.